The Morgan fingerprint density at radius 1 is 1.25 bits per heavy atom. The molecule has 0 amide bonds. The van der Waals surface area contributed by atoms with Gasteiger partial charge in [-0.3, -0.25) is 4.79 Å². The summed E-state index contributed by atoms with van der Waals surface area (Å²) >= 11 is 0. The molecule has 0 aliphatic carbocycles. The molecule has 3 nitrogen and oxygen atoms in total. The van der Waals surface area contributed by atoms with Crippen LogP contribution in [0.25, 0.3) is 0 Å². The molecule has 0 bridgehead atoms. The minimum atomic E-state index is -0.786. The molecule has 1 rings (SSSR count). The first-order valence-corrected chi connectivity index (χ1v) is 3.05. The van der Waals surface area contributed by atoms with Crippen molar-refractivity contribution in [2.24, 2.45) is 0 Å². The quantitative estimate of drug-likeness (QED) is 0.753. The molecule has 0 aliphatic heterocycles. The lowest BCUT2D eigenvalue weighted by atomic mass is 10.2. The second-order valence-electron chi connectivity index (χ2n) is 2.06. The Morgan fingerprint density at radius 3 is 2.17 bits per heavy atom. The van der Waals surface area contributed by atoms with Crippen molar-refractivity contribution in [3.8, 4) is 0 Å². The van der Waals surface area contributed by atoms with Crippen molar-refractivity contribution in [3.05, 3.63) is 35.9 Å². The predicted molar refractivity (Wildman–Crippen MR) is 48.6 cm³/mol. The summed E-state index contributed by atoms with van der Waals surface area (Å²) in [7, 11) is 0. The topological polar surface area (TPSA) is 68.8 Å². The second-order valence-corrected chi connectivity index (χ2v) is 2.06. The van der Waals surface area contributed by atoms with Crippen molar-refractivity contribution >= 4 is 18.4 Å². The molecule has 0 unspecified atom stereocenters. The van der Waals surface area contributed by atoms with Crippen molar-refractivity contribution in [1.29, 1.82) is 0 Å². The van der Waals surface area contributed by atoms with Gasteiger partial charge in [-0.25, -0.2) is 0 Å². The summed E-state index contributed by atoms with van der Waals surface area (Å²) in [5, 5.41) is 8.37. The number of carboxylic acid groups (broad SMARTS) is 1. The monoisotopic (exact) mass is 190 g/mol. The van der Waals surface area contributed by atoms with Crippen molar-refractivity contribution < 1.29 is 15.4 Å². The van der Waals surface area contributed by atoms with E-state index in [2.05, 4.69) is 0 Å². The van der Waals surface area contributed by atoms with E-state index in [1.807, 2.05) is 18.2 Å². The Morgan fingerprint density at radius 2 is 1.75 bits per heavy atom. The van der Waals surface area contributed by atoms with Crippen LogP contribution >= 0.6 is 12.4 Å². The molecule has 0 fully saturated rings. The number of benzene rings is 1. The molecule has 0 heterocycles. The third-order valence-electron chi connectivity index (χ3n) is 1.20. The fourth-order valence-corrected chi connectivity index (χ4v) is 0.770. The number of carbonyl (C=O) groups is 1. The maximum absolute atomic E-state index is 10.2. The van der Waals surface area contributed by atoms with Gasteiger partial charge in [0.25, 0.3) is 0 Å². The zero-order valence-electron chi connectivity index (χ0n) is 6.36. The van der Waals surface area contributed by atoms with Crippen LogP contribution in [0.5, 0.6) is 0 Å². The van der Waals surface area contributed by atoms with Crippen LogP contribution in [0.1, 0.15) is 5.56 Å². The lowest BCUT2D eigenvalue weighted by molar-refractivity contribution is -0.136. The highest BCUT2D eigenvalue weighted by molar-refractivity contribution is 5.85. The van der Waals surface area contributed by atoms with Gasteiger partial charge in [0.1, 0.15) is 0 Å². The molecule has 0 atom stereocenters. The fraction of sp³-hybridized carbons (Fsp3) is 0.125. The number of halogens is 1. The van der Waals surface area contributed by atoms with Crippen molar-refractivity contribution in [1.82, 2.24) is 0 Å². The Bertz CT molecular complexity index is 223. The minimum absolute atomic E-state index is 0. The largest absolute Gasteiger partial charge is 0.481 e. The molecule has 0 radical (unpaired) electrons. The molecule has 0 saturated carbocycles. The Balaban J connectivity index is 0. The lowest BCUT2D eigenvalue weighted by Crippen LogP contribution is -1.98. The van der Waals surface area contributed by atoms with E-state index >= 15 is 0 Å². The minimum Gasteiger partial charge on any atom is -0.481 e. The zero-order valence-corrected chi connectivity index (χ0v) is 7.17. The summed E-state index contributed by atoms with van der Waals surface area (Å²) in [4.78, 5) is 10.2. The van der Waals surface area contributed by atoms with E-state index in [1.165, 1.54) is 0 Å². The van der Waals surface area contributed by atoms with Crippen molar-refractivity contribution in [2.45, 2.75) is 6.42 Å². The summed E-state index contributed by atoms with van der Waals surface area (Å²) < 4.78 is 0. The molecule has 0 spiro atoms. The standard InChI is InChI=1S/C8H8O2.ClH.H2O/c9-8(10)6-7-4-2-1-3-5-7;;/h1-5H,6H2,(H,9,10);1H;1H2. The predicted octanol–water partition coefficient (Wildman–Crippen LogP) is 0.911. The van der Waals surface area contributed by atoms with Crippen molar-refractivity contribution in [3.63, 3.8) is 0 Å². The van der Waals surface area contributed by atoms with Gasteiger partial charge in [0.2, 0.25) is 0 Å². The summed E-state index contributed by atoms with van der Waals surface area (Å²) in [6.07, 6.45) is 0.112. The van der Waals surface area contributed by atoms with E-state index in [-0.39, 0.29) is 24.3 Å². The molecule has 12 heavy (non-hydrogen) atoms. The first-order chi connectivity index (χ1) is 4.79. The van der Waals surface area contributed by atoms with E-state index in [0.29, 0.717) is 0 Å². The van der Waals surface area contributed by atoms with Gasteiger partial charge in [0, 0.05) is 0 Å². The molecule has 4 heteroatoms. The van der Waals surface area contributed by atoms with Crippen molar-refractivity contribution in [2.75, 3.05) is 0 Å². The maximum atomic E-state index is 10.2. The molecule has 3 N–H and O–H groups in total. The molecular formula is C8H11ClO3. The molecule has 0 saturated heterocycles. The fourth-order valence-electron chi connectivity index (χ4n) is 0.770. The van der Waals surface area contributed by atoms with E-state index in [9.17, 15) is 4.79 Å². The molecule has 68 valence electrons. The highest BCUT2D eigenvalue weighted by Gasteiger charge is 1.96. The number of hydrogen-bond acceptors (Lipinski definition) is 1. The Kier molecular flexibility index (Phi) is 7.48. The summed E-state index contributed by atoms with van der Waals surface area (Å²) in [6.45, 7) is 0. The number of rotatable bonds is 2. The normalized spacial score (nSPS) is 7.67. The zero-order chi connectivity index (χ0) is 7.40. The van der Waals surface area contributed by atoms with Gasteiger partial charge in [-0.15, -0.1) is 12.4 Å². The van der Waals surface area contributed by atoms with Gasteiger partial charge in [-0.05, 0) is 5.56 Å². The highest BCUT2D eigenvalue weighted by atomic mass is 35.5. The van der Waals surface area contributed by atoms with Crippen LogP contribution in [0.2, 0.25) is 0 Å². The molecule has 1 aromatic rings. The molecule has 1 aromatic carbocycles. The third-order valence-corrected chi connectivity index (χ3v) is 1.20. The van der Waals surface area contributed by atoms with Gasteiger partial charge in [-0.1, -0.05) is 30.3 Å². The number of carboxylic acids is 1. The van der Waals surface area contributed by atoms with Gasteiger partial charge < -0.3 is 10.6 Å². The number of aliphatic carboxylic acids is 1. The Hall–Kier alpha value is -1.06. The van der Waals surface area contributed by atoms with E-state index in [4.69, 9.17) is 5.11 Å². The van der Waals surface area contributed by atoms with Crippen LogP contribution < -0.4 is 0 Å². The van der Waals surface area contributed by atoms with Gasteiger partial charge in [0.15, 0.2) is 0 Å². The molecular weight excluding hydrogens is 180 g/mol. The summed E-state index contributed by atoms with van der Waals surface area (Å²) in [5.74, 6) is -0.786. The third kappa shape index (κ3) is 4.71. The number of hydrogen-bond donors (Lipinski definition) is 1. The van der Waals surface area contributed by atoms with Gasteiger partial charge in [-0.2, -0.15) is 0 Å². The summed E-state index contributed by atoms with van der Waals surface area (Å²) in [5.41, 5.74) is 0.843. The van der Waals surface area contributed by atoms with E-state index < -0.39 is 5.97 Å². The van der Waals surface area contributed by atoms with Gasteiger partial charge >= 0.3 is 5.97 Å². The molecule has 0 aliphatic rings. The SMILES string of the molecule is Cl.O.O=C(O)Cc1ccccc1. The maximum Gasteiger partial charge on any atom is 0.307 e. The average molecular weight is 191 g/mol. The second kappa shape index (κ2) is 6.64. The van der Waals surface area contributed by atoms with E-state index in [0.717, 1.165) is 5.56 Å². The average Bonchev–Trinajstić information content (AvgIpc) is 1.88. The smallest absolute Gasteiger partial charge is 0.307 e. The van der Waals surface area contributed by atoms with E-state index in [1.54, 1.807) is 12.1 Å². The Labute approximate surface area is 76.8 Å². The first-order valence-electron chi connectivity index (χ1n) is 3.05. The van der Waals surface area contributed by atoms with Crippen LogP contribution in [-0.4, -0.2) is 16.6 Å². The first kappa shape index (κ1) is 13.5. The van der Waals surface area contributed by atoms with Crippen LogP contribution in [0.15, 0.2) is 30.3 Å². The highest BCUT2D eigenvalue weighted by Crippen LogP contribution is 1.98. The van der Waals surface area contributed by atoms with Crippen LogP contribution in [0.3, 0.4) is 0 Å². The summed E-state index contributed by atoms with van der Waals surface area (Å²) in [6, 6.07) is 9.13. The molecule has 0 aromatic heterocycles. The van der Waals surface area contributed by atoms with Crippen LogP contribution in [0, 0.1) is 0 Å². The van der Waals surface area contributed by atoms with Gasteiger partial charge in [0.05, 0.1) is 6.42 Å². The van der Waals surface area contributed by atoms with Crippen LogP contribution in [0.4, 0.5) is 0 Å². The lowest BCUT2D eigenvalue weighted by Gasteiger charge is -1.92. The van der Waals surface area contributed by atoms with Crippen LogP contribution in [-0.2, 0) is 11.2 Å².